The molecule has 1 rings (SSSR count). The van der Waals surface area contributed by atoms with Gasteiger partial charge in [0.05, 0.1) is 10.7 Å². The van der Waals surface area contributed by atoms with E-state index in [9.17, 15) is 4.79 Å². The van der Waals surface area contributed by atoms with Crippen LogP contribution in [-0.2, 0) is 11.3 Å². The smallest absolute Gasteiger partial charge is 0.236 e. The lowest BCUT2D eigenvalue weighted by Gasteiger charge is -2.15. The summed E-state index contributed by atoms with van der Waals surface area (Å²) in [5, 5.41) is 2.89. The number of unbranched alkanes of at least 4 members (excludes halogenated alkanes) is 1. The van der Waals surface area contributed by atoms with Crippen LogP contribution in [-0.4, -0.2) is 26.3 Å². The molecule has 0 atom stereocenters. The third-order valence-corrected chi connectivity index (χ3v) is 2.59. The van der Waals surface area contributed by atoms with Crippen LogP contribution in [0, 0.1) is 0 Å². The number of aryl methyl sites for hydroxylation is 1. The molecular weight excluding hydrogens is 270 g/mol. The molecule has 4 nitrogen and oxygen atoms in total. The summed E-state index contributed by atoms with van der Waals surface area (Å²) >= 11 is 3.32. The maximum absolute atomic E-state index is 11.5. The SMILES string of the molecule is CC(C)(Br)C(=O)NCCCCn1ccnc1. The van der Waals surface area contributed by atoms with E-state index in [1.807, 2.05) is 24.6 Å². The molecule has 0 spiro atoms. The van der Waals surface area contributed by atoms with Crippen molar-refractivity contribution in [3.8, 4) is 0 Å². The van der Waals surface area contributed by atoms with Crippen LogP contribution in [0.4, 0.5) is 0 Å². The van der Waals surface area contributed by atoms with E-state index in [1.54, 1.807) is 12.5 Å². The number of hydrogen-bond acceptors (Lipinski definition) is 2. The van der Waals surface area contributed by atoms with E-state index in [1.165, 1.54) is 0 Å². The molecule has 1 aromatic heterocycles. The molecule has 90 valence electrons. The molecule has 0 aliphatic heterocycles. The summed E-state index contributed by atoms with van der Waals surface area (Å²) in [4.78, 5) is 15.5. The van der Waals surface area contributed by atoms with Crippen molar-refractivity contribution in [2.45, 2.75) is 37.6 Å². The zero-order chi connectivity index (χ0) is 12.0. The summed E-state index contributed by atoms with van der Waals surface area (Å²) in [7, 11) is 0. The van der Waals surface area contributed by atoms with Crippen molar-refractivity contribution in [2.24, 2.45) is 0 Å². The maximum Gasteiger partial charge on any atom is 0.236 e. The highest BCUT2D eigenvalue weighted by Crippen LogP contribution is 2.15. The van der Waals surface area contributed by atoms with E-state index in [0.717, 1.165) is 25.9 Å². The fraction of sp³-hybridized carbons (Fsp3) is 0.636. The number of carbonyl (C=O) groups excluding carboxylic acids is 1. The number of rotatable bonds is 6. The van der Waals surface area contributed by atoms with Crippen LogP contribution < -0.4 is 5.32 Å². The number of nitrogens with one attached hydrogen (secondary N) is 1. The first-order valence-electron chi connectivity index (χ1n) is 5.43. The topological polar surface area (TPSA) is 46.9 Å². The Bertz CT molecular complexity index is 316. The molecule has 0 bridgehead atoms. The number of imidazole rings is 1. The molecular formula is C11H18BrN3O. The fourth-order valence-corrected chi connectivity index (χ4v) is 1.39. The molecule has 0 unspecified atom stereocenters. The second kappa shape index (κ2) is 6.03. The van der Waals surface area contributed by atoms with Gasteiger partial charge in [-0.15, -0.1) is 0 Å². The van der Waals surface area contributed by atoms with Gasteiger partial charge in [-0.2, -0.15) is 0 Å². The van der Waals surface area contributed by atoms with Gasteiger partial charge in [0.1, 0.15) is 0 Å². The standard InChI is InChI=1S/C11H18BrN3O/c1-11(2,12)10(16)14-5-3-4-7-15-8-6-13-9-15/h6,8-9H,3-5,7H2,1-2H3,(H,14,16). The molecule has 0 aliphatic carbocycles. The third kappa shape index (κ3) is 4.79. The third-order valence-electron chi connectivity index (χ3n) is 2.23. The predicted octanol–water partition coefficient (Wildman–Crippen LogP) is 1.95. The summed E-state index contributed by atoms with van der Waals surface area (Å²) in [6.45, 7) is 5.36. The van der Waals surface area contributed by atoms with Crippen molar-refractivity contribution in [1.29, 1.82) is 0 Å². The number of alkyl halides is 1. The van der Waals surface area contributed by atoms with Gasteiger partial charge in [-0.3, -0.25) is 4.79 Å². The number of hydrogen-bond donors (Lipinski definition) is 1. The molecule has 0 aromatic carbocycles. The minimum absolute atomic E-state index is 0.0372. The van der Waals surface area contributed by atoms with Crippen LogP contribution in [0.15, 0.2) is 18.7 Å². The zero-order valence-electron chi connectivity index (χ0n) is 9.74. The number of amides is 1. The van der Waals surface area contributed by atoms with Gasteiger partial charge in [-0.1, -0.05) is 15.9 Å². The first-order chi connectivity index (χ1) is 7.50. The normalized spacial score (nSPS) is 11.4. The van der Waals surface area contributed by atoms with Gasteiger partial charge in [0, 0.05) is 25.5 Å². The molecule has 1 N–H and O–H groups in total. The summed E-state index contributed by atoms with van der Waals surface area (Å²) < 4.78 is 1.56. The van der Waals surface area contributed by atoms with E-state index in [2.05, 4.69) is 26.2 Å². The van der Waals surface area contributed by atoms with E-state index >= 15 is 0 Å². The van der Waals surface area contributed by atoms with Crippen molar-refractivity contribution in [1.82, 2.24) is 14.9 Å². The molecule has 0 fully saturated rings. The number of nitrogens with zero attached hydrogens (tertiary/aromatic N) is 2. The van der Waals surface area contributed by atoms with E-state index in [-0.39, 0.29) is 5.91 Å². The number of aromatic nitrogens is 2. The molecule has 1 aromatic rings. The predicted molar refractivity (Wildman–Crippen MR) is 67.5 cm³/mol. The minimum Gasteiger partial charge on any atom is -0.355 e. The first kappa shape index (κ1) is 13.2. The average Bonchev–Trinajstić information content (AvgIpc) is 2.68. The average molecular weight is 288 g/mol. The quantitative estimate of drug-likeness (QED) is 0.642. The Morgan fingerprint density at radius 1 is 1.50 bits per heavy atom. The Morgan fingerprint density at radius 3 is 2.81 bits per heavy atom. The van der Waals surface area contributed by atoms with Crippen molar-refractivity contribution in [2.75, 3.05) is 6.54 Å². The largest absolute Gasteiger partial charge is 0.355 e. The summed E-state index contributed by atoms with van der Waals surface area (Å²) in [5.74, 6) is 0.0372. The van der Waals surface area contributed by atoms with E-state index in [0.29, 0.717) is 0 Å². The Morgan fingerprint density at radius 2 is 2.25 bits per heavy atom. The van der Waals surface area contributed by atoms with Gasteiger partial charge >= 0.3 is 0 Å². The van der Waals surface area contributed by atoms with Crippen LogP contribution in [0.1, 0.15) is 26.7 Å². The second-order valence-electron chi connectivity index (χ2n) is 4.24. The molecule has 0 radical (unpaired) electrons. The molecule has 0 saturated heterocycles. The van der Waals surface area contributed by atoms with Crippen molar-refractivity contribution >= 4 is 21.8 Å². The van der Waals surface area contributed by atoms with Crippen molar-refractivity contribution in [3.05, 3.63) is 18.7 Å². The molecule has 1 amide bonds. The maximum atomic E-state index is 11.5. The summed E-state index contributed by atoms with van der Waals surface area (Å²) in [6.07, 6.45) is 7.54. The molecule has 1 heterocycles. The van der Waals surface area contributed by atoms with Crippen LogP contribution in [0.25, 0.3) is 0 Å². The van der Waals surface area contributed by atoms with E-state index < -0.39 is 4.32 Å². The van der Waals surface area contributed by atoms with E-state index in [4.69, 9.17) is 0 Å². The number of halogens is 1. The van der Waals surface area contributed by atoms with Crippen LogP contribution in [0.2, 0.25) is 0 Å². The fourth-order valence-electron chi connectivity index (χ4n) is 1.25. The molecule has 0 aliphatic rings. The number of carbonyl (C=O) groups is 1. The molecule has 16 heavy (non-hydrogen) atoms. The Kier molecular flexibility index (Phi) is 4.99. The lowest BCUT2D eigenvalue weighted by molar-refractivity contribution is -0.122. The highest BCUT2D eigenvalue weighted by molar-refractivity contribution is 9.10. The summed E-state index contributed by atoms with van der Waals surface area (Å²) in [6, 6.07) is 0. The monoisotopic (exact) mass is 287 g/mol. The Labute approximate surface area is 105 Å². The van der Waals surface area contributed by atoms with Crippen LogP contribution in [0.5, 0.6) is 0 Å². The Hall–Kier alpha value is -0.840. The van der Waals surface area contributed by atoms with Gasteiger partial charge in [0.15, 0.2) is 0 Å². The summed E-state index contributed by atoms with van der Waals surface area (Å²) in [5.41, 5.74) is 0. The second-order valence-corrected chi connectivity index (χ2v) is 6.22. The van der Waals surface area contributed by atoms with Crippen LogP contribution in [0.3, 0.4) is 0 Å². The van der Waals surface area contributed by atoms with Crippen molar-refractivity contribution < 1.29 is 4.79 Å². The van der Waals surface area contributed by atoms with Gasteiger partial charge in [-0.25, -0.2) is 4.98 Å². The zero-order valence-corrected chi connectivity index (χ0v) is 11.3. The van der Waals surface area contributed by atoms with Gasteiger partial charge in [0.25, 0.3) is 0 Å². The first-order valence-corrected chi connectivity index (χ1v) is 6.22. The minimum atomic E-state index is -0.475. The van der Waals surface area contributed by atoms with Crippen LogP contribution >= 0.6 is 15.9 Å². The molecule has 5 heteroatoms. The van der Waals surface area contributed by atoms with Gasteiger partial charge in [0.2, 0.25) is 5.91 Å². The van der Waals surface area contributed by atoms with Crippen molar-refractivity contribution in [3.63, 3.8) is 0 Å². The Balaban J connectivity index is 2.06. The van der Waals surface area contributed by atoms with Gasteiger partial charge in [-0.05, 0) is 26.7 Å². The lowest BCUT2D eigenvalue weighted by Crippen LogP contribution is -2.38. The lowest BCUT2D eigenvalue weighted by atomic mass is 10.2. The highest BCUT2D eigenvalue weighted by atomic mass is 79.9. The van der Waals surface area contributed by atoms with Gasteiger partial charge < -0.3 is 9.88 Å². The highest BCUT2D eigenvalue weighted by Gasteiger charge is 2.22. The molecule has 0 saturated carbocycles.